The molecule has 0 radical (unpaired) electrons. The van der Waals surface area contributed by atoms with Gasteiger partial charge in [0.25, 0.3) is 0 Å². The Hall–Kier alpha value is -1.50. The minimum absolute atomic E-state index is 0.0708. The molecule has 27 heavy (non-hydrogen) atoms. The molecule has 3 aromatic heterocycles. The van der Waals surface area contributed by atoms with E-state index in [9.17, 15) is 0 Å². The molecule has 0 aliphatic carbocycles. The van der Waals surface area contributed by atoms with E-state index in [1.807, 2.05) is 0 Å². The van der Waals surface area contributed by atoms with E-state index in [1.165, 1.54) is 19.5 Å². The molecule has 0 amide bonds. The smallest absolute Gasteiger partial charge is 0.185 e. The Morgan fingerprint density at radius 2 is 1.48 bits per heavy atom. The van der Waals surface area contributed by atoms with Crippen LogP contribution < -0.4 is 0 Å². The highest BCUT2D eigenvalue weighted by Crippen LogP contribution is 2.37. The lowest BCUT2D eigenvalue weighted by molar-refractivity contribution is -0.226. The molecule has 0 spiro atoms. The topological polar surface area (TPSA) is 18.5 Å². The highest BCUT2D eigenvalue weighted by atomic mass is 32.1. The zero-order chi connectivity index (χ0) is 18.7. The molecule has 0 N–H and O–H groups in total. The molecule has 2 nitrogen and oxygen atoms in total. The molecule has 1 aliphatic heterocycles. The Kier molecular flexibility index (Phi) is 5.76. The minimum atomic E-state index is -0.291. The Morgan fingerprint density at radius 3 is 2.07 bits per heavy atom. The Morgan fingerprint density at radius 1 is 0.889 bits per heavy atom. The summed E-state index contributed by atoms with van der Waals surface area (Å²) < 4.78 is 12.1. The Balaban J connectivity index is 1.60. The monoisotopic (exact) mass is 414 g/mol. The van der Waals surface area contributed by atoms with E-state index in [2.05, 4.69) is 79.2 Å². The molecule has 3 aromatic rings. The second-order valence-electron chi connectivity index (χ2n) is 7.28. The fourth-order valence-electron chi connectivity index (χ4n) is 2.80. The molecular weight excluding hydrogens is 392 g/mol. The van der Waals surface area contributed by atoms with Crippen LogP contribution in [0.2, 0.25) is 0 Å². The fraction of sp³-hybridized carbons (Fsp3) is 0.273. The van der Waals surface area contributed by atoms with Crippen molar-refractivity contribution in [3.8, 4) is 0 Å². The Labute approximate surface area is 172 Å². The van der Waals surface area contributed by atoms with Gasteiger partial charge in [-0.3, -0.25) is 0 Å². The van der Waals surface area contributed by atoms with Gasteiger partial charge in [-0.05, 0) is 53.3 Å². The molecule has 4 heterocycles. The third-order valence-corrected chi connectivity index (χ3v) is 6.97. The molecule has 0 saturated carbocycles. The highest BCUT2D eigenvalue weighted by Gasteiger charge is 2.30. The zero-order valence-corrected chi connectivity index (χ0v) is 17.8. The summed E-state index contributed by atoms with van der Waals surface area (Å²) >= 11 is 5.26. The number of thiophene rings is 3. The van der Waals surface area contributed by atoms with Crippen molar-refractivity contribution in [2.45, 2.75) is 20.1 Å². The average Bonchev–Trinajstić information content (AvgIpc) is 3.40. The van der Waals surface area contributed by atoms with Crippen molar-refractivity contribution < 1.29 is 9.47 Å². The van der Waals surface area contributed by atoms with Gasteiger partial charge in [-0.25, -0.2) is 0 Å². The van der Waals surface area contributed by atoms with E-state index in [0.29, 0.717) is 13.2 Å². The van der Waals surface area contributed by atoms with E-state index in [4.69, 9.17) is 9.47 Å². The van der Waals surface area contributed by atoms with Gasteiger partial charge in [0.15, 0.2) is 6.29 Å². The molecule has 0 aromatic carbocycles. The maximum Gasteiger partial charge on any atom is 0.185 e. The molecular formula is C22H22O2S3. The van der Waals surface area contributed by atoms with Crippen molar-refractivity contribution in [2.24, 2.45) is 5.41 Å². The zero-order valence-electron chi connectivity index (χ0n) is 15.4. The molecule has 0 bridgehead atoms. The number of ether oxygens (including phenoxy) is 2. The minimum Gasteiger partial charge on any atom is -0.348 e. The maximum atomic E-state index is 6.05. The van der Waals surface area contributed by atoms with Crippen molar-refractivity contribution in [1.29, 1.82) is 0 Å². The third kappa shape index (κ3) is 4.86. The van der Waals surface area contributed by atoms with Crippen LogP contribution in [0, 0.1) is 5.41 Å². The lowest BCUT2D eigenvalue weighted by Crippen LogP contribution is -2.33. The SMILES string of the molecule is CC1(C)COC(c2cc(/C=C/c3cccs3)sc2/C=C/c2cccs2)OC1. The molecule has 1 saturated heterocycles. The van der Waals surface area contributed by atoms with Gasteiger partial charge in [0.1, 0.15) is 0 Å². The van der Waals surface area contributed by atoms with Gasteiger partial charge in [-0.1, -0.05) is 26.0 Å². The first-order valence-corrected chi connectivity index (χ1v) is 11.5. The number of hydrogen-bond donors (Lipinski definition) is 0. The molecule has 0 unspecified atom stereocenters. The van der Waals surface area contributed by atoms with Gasteiger partial charge in [-0.2, -0.15) is 0 Å². The molecule has 0 atom stereocenters. The summed E-state index contributed by atoms with van der Waals surface area (Å²) in [5.41, 5.74) is 1.19. The summed E-state index contributed by atoms with van der Waals surface area (Å²) in [7, 11) is 0. The van der Waals surface area contributed by atoms with Crippen molar-refractivity contribution in [3.05, 3.63) is 66.2 Å². The number of hydrogen-bond acceptors (Lipinski definition) is 5. The van der Waals surface area contributed by atoms with Crippen molar-refractivity contribution in [1.82, 2.24) is 0 Å². The lowest BCUT2D eigenvalue weighted by Gasteiger charge is -2.34. The van der Waals surface area contributed by atoms with Crippen molar-refractivity contribution in [3.63, 3.8) is 0 Å². The summed E-state index contributed by atoms with van der Waals surface area (Å²) in [6, 6.07) is 10.6. The van der Waals surface area contributed by atoms with Gasteiger partial charge in [0.05, 0.1) is 13.2 Å². The van der Waals surface area contributed by atoms with Crippen LogP contribution in [0.4, 0.5) is 0 Å². The van der Waals surface area contributed by atoms with E-state index in [-0.39, 0.29) is 11.7 Å². The second-order valence-corrected chi connectivity index (χ2v) is 10.4. The largest absolute Gasteiger partial charge is 0.348 e. The summed E-state index contributed by atoms with van der Waals surface area (Å²) in [6.07, 6.45) is 8.40. The van der Waals surface area contributed by atoms with Crippen molar-refractivity contribution >= 4 is 58.3 Å². The molecule has 5 heteroatoms. The van der Waals surface area contributed by atoms with Crippen molar-refractivity contribution in [2.75, 3.05) is 13.2 Å². The van der Waals surface area contributed by atoms with Crippen LogP contribution in [0.1, 0.15) is 45.2 Å². The normalized spacial score (nSPS) is 18.0. The van der Waals surface area contributed by atoms with Gasteiger partial charge in [0, 0.05) is 30.5 Å². The summed E-state index contributed by atoms with van der Waals surface area (Å²) in [5.74, 6) is 0. The van der Waals surface area contributed by atoms with Crippen LogP contribution in [0.15, 0.2) is 41.1 Å². The first-order valence-electron chi connectivity index (χ1n) is 8.89. The third-order valence-electron chi connectivity index (χ3n) is 4.21. The van der Waals surface area contributed by atoms with Crippen LogP contribution in [-0.2, 0) is 9.47 Å². The van der Waals surface area contributed by atoms with E-state index >= 15 is 0 Å². The van der Waals surface area contributed by atoms with Gasteiger partial charge in [-0.15, -0.1) is 34.0 Å². The highest BCUT2D eigenvalue weighted by molar-refractivity contribution is 7.14. The molecule has 140 valence electrons. The van der Waals surface area contributed by atoms with Crippen LogP contribution in [0.3, 0.4) is 0 Å². The van der Waals surface area contributed by atoms with Gasteiger partial charge in [0.2, 0.25) is 0 Å². The first kappa shape index (κ1) is 18.8. The van der Waals surface area contributed by atoms with Crippen LogP contribution in [-0.4, -0.2) is 13.2 Å². The fourth-order valence-corrected chi connectivity index (χ4v) is 5.02. The molecule has 4 rings (SSSR count). The quantitative estimate of drug-likeness (QED) is 0.436. The van der Waals surface area contributed by atoms with E-state index < -0.39 is 0 Å². The molecule has 1 fully saturated rings. The van der Waals surface area contributed by atoms with Crippen LogP contribution in [0.5, 0.6) is 0 Å². The van der Waals surface area contributed by atoms with E-state index in [0.717, 1.165) is 5.56 Å². The second kappa shape index (κ2) is 8.25. The summed E-state index contributed by atoms with van der Waals surface area (Å²) in [6.45, 7) is 5.76. The number of rotatable bonds is 5. The van der Waals surface area contributed by atoms with Crippen LogP contribution in [0.25, 0.3) is 24.3 Å². The Bertz CT molecular complexity index is 905. The first-order chi connectivity index (χ1) is 13.1. The van der Waals surface area contributed by atoms with Crippen LogP contribution >= 0.6 is 34.0 Å². The predicted molar refractivity (Wildman–Crippen MR) is 119 cm³/mol. The standard InChI is InChI=1S/C22H22O2S3/c1-22(2)14-23-21(24-15-22)19-13-18(8-7-16-5-3-11-25-16)27-20(19)10-9-17-6-4-12-26-17/h3-13,21H,14-15H2,1-2H3/b8-7+,10-9+. The summed E-state index contributed by atoms with van der Waals surface area (Å²) in [5, 5.41) is 4.19. The predicted octanol–water partition coefficient (Wildman–Crippen LogP) is 7.28. The van der Waals surface area contributed by atoms with E-state index in [1.54, 1.807) is 34.0 Å². The van der Waals surface area contributed by atoms with Gasteiger partial charge >= 0.3 is 0 Å². The maximum absolute atomic E-state index is 6.05. The lowest BCUT2D eigenvalue weighted by atomic mass is 9.95. The average molecular weight is 415 g/mol. The summed E-state index contributed by atoms with van der Waals surface area (Å²) in [4.78, 5) is 4.91. The molecule has 1 aliphatic rings. The van der Waals surface area contributed by atoms with Gasteiger partial charge < -0.3 is 9.47 Å².